The van der Waals surface area contributed by atoms with Gasteiger partial charge in [-0.25, -0.2) is 0 Å². The molecular weight excluding hydrogens is 154 g/mol. The van der Waals surface area contributed by atoms with E-state index in [0.29, 0.717) is 19.8 Å². The molecule has 3 heteroatoms. The second-order valence-electron chi connectivity index (χ2n) is 4.24. The van der Waals surface area contributed by atoms with Gasteiger partial charge in [-0.15, -0.1) is 0 Å². The first-order chi connectivity index (χ1) is 5.52. The molecular formula is C9H19NO2. The summed E-state index contributed by atoms with van der Waals surface area (Å²) in [6, 6.07) is 0. The average molecular weight is 173 g/mol. The third kappa shape index (κ3) is 1.63. The zero-order valence-corrected chi connectivity index (χ0v) is 8.22. The minimum absolute atomic E-state index is 0.00285. The fraction of sp³-hybridized carbons (Fsp3) is 1.00. The standard InChI is InChI=1S/C9H19NO2/c1-8(2,3)9(4-5-10)11-6-7-12-9/h4-7,10H2,1-3H3. The van der Waals surface area contributed by atoms with Crippen LogP contribution in [0.15, 0.2) is 0 Å². The van der Waals surface area contributed by atoms with Crippen LogP contribution in [0.25, 0.3) is 0 Å². The summed E-state index contributed by atoms with van der Waals surface area (Å²) in [5.41, 5.74) is 5.53. The summed E-state index contributed by atoms with van der Waals surface area (Å²) in [6.07, 6.45) is 0.774. The molecule has 2 N–H and O–H groups in total. The van der Waals surface area contributed by atoms with Crippen molar-refractivity contribution in [2.45, 2.75) is 33.0 Å². The van der Waals surface area contributed by atoms with Gasteiger partial charge in [0.1, 0.15) is 0 Å². The van der Waals surface area contributed by atoms with E-state index in [2.05, 4.69) is 20.8 Å². The summed E-state index contributed by atoms with van der Waals surface area (Å²) < 4.78 is 11.3. The van der Waals surface area contributed by atoms with Crippen molar-refractivity contribution in [2.75, 3.05) is 19.8 Å². The fourth-order valence-electron chi connectivity index (χ4n) is 1.60. The van der Waals surface area contributed by atoms with Crippen LogP contribution in [-0.2, 0) is 9.47 Å². The molecule has 0 aromatic heterocycles. The van der Waals surface area contributed by atoms with Gasteiger partial charge in [0.05, 0.1) is 13.2 Å². The quantitative estimate of drug-likeness (QED) is 0.680. The number of nitrogens with two attached hydrogens (primary N) is 1. The van der Waals surface area contributed by atoms with E-state index in [-0.39, 0.29) is 5.41 Å². The Bertz CT molecular complexity index is 145. The van der Waals surface area contributed by atoms with Crippen LogP contribution in [0.3, 0.4) is 0 Å². The molecule has 0 aliphatic carbocycles. The largest absolute Gasteiger partial charge is 0.347 e. The van der Waals surface area contributed by atoms with Gasteiger partial charge in [0.2, 0.25) is 0 Å². The highest BCUT2D eigenvalue weighted by Gasteiger charge is 2.46. The van der Waals surface area contributed by atoms with Gasteiger partial charge in [0.25, 0.3) is 0 Å². The lowest BCUT2D eigenvalue weighted by molar-refractivity contribution is -0.224. The molecule has 1 aliphatic heterocycles. The molecule has 1 fully saturated rings. The second-order valence-corrected chi connectivity index (χ2v) is 4.24. The molecule has 72 valence electrons. The van der Waals surface area contributed by atoms with Crippen molar-refractivity contribution in [2.24, 2.45) is 11.1 Å². The predicted molar refractivity (Wildman–Crippen MR) is 47.8 cm³/mol. The second kappa shape index (κ2) is 3.32. The minimum Gasteiger partial charge on any atom is -0.347 e. The summed E-state index contributed by atoms with van der Waals surface area (Å²) in [5, 5.41) is 0. The van der Waals surface area contributed by atoms with Gasteiger partial charge < -0.3 is 15.2 Å². The highest BCUT2D eigenvalue weighted by Crippen LogP contribution is 2.40. The highest BCUT2D eigenvalue weighted by molar-refractivity contribution is 4.86. The lowest BCUT2D eigenvalue weighted by Gasteiger charge is -2.39. The third-order valence-corrected chi connectivity index (χ3v) is 2.37. The molecule has 12 heavy (non-hydrogen) atoms. The Morgan fingerprint density at radius 2 is 1.75 bits per heavy atom. The molecule has 0 spiro atoms. The molecule has 3 nitrogen and oxygen atoms in total. The van der Waals surface area contributed by atoms with Gasteiger partial charge in [-0.3, -0.25) is 0 Å². The summed E-state index contributed by atoms with van der Waals surface area (Å²) in [5.74, 6) is -0.443. The smallest absolute Gasteiger partial charge is 0.174 e. The summed E-state index contributed by atoms with van der Waals surface area (Å²) >= 11 is 0. The first kappa shape index (κ1) is 9.96. The van der Waals surface area contributed by atoms with Crippen molar-refractivity contribution >= 4 is 0 Å². The first-order valence-corrected chi connectivity index (χ1v) is 4.50. The van der Waals surface area contributed by atoms with Gasteiger partial charge in [-0.05, 0) is 6.54 Å². The predicted octanol–water partition coefficient (Wildman–Crippen LogP) is 1.12. The molecule has 1 aliphatic rings. The number of rotatable bonds is 2. The summed E-state index contributed by atoms with van der Waals surface area (Å²) in [4.78, 5) is 0. The fourth-order valence-corrected chi connectivity index (χ4v) is 1.60. The zero-order chi connectivity index (χ0) is 9.24. The van der Waals surface area contributed by atoms with E-state index in [4.69, 9.17) is 15.2 Å². The van der Waals surface area contributed by atoms with Crippen LogP contribution in [0.2, 0.25) is 0 Å². The van der Waals surface area contributed by atoms with Gasteiger partial charge in [-0.1, -0.05) is 20.8 Å². The molecule has 0 radical (unpaired) electrons. The highest BCUT2D eigenvalue weighted by atomic mass is 16.7. The average Bonchev–Trinajstić information content (AvgIpc) is 2.36. The lowest BCUT2D eigenvalue weighted by atomic mass is 9.83. The van der Waals surface area contributed by atoms with Crippen LogP contribution in [0, 0.1) is 5.41 Å². The SMILES string of the molecule is CC(C)(C)C1(CCN)OCCO1. The van der Waals surface area contributed by atoms with Gasteiger partial charge in [0, 0.05) is 11.8 Å². The van der Waals surface area contributed by atoms with Crippen molar-refractivity contribution in [1.82, 2.24) is 0 Å². The van der Waals surface area contributed by atoms with E-state index >= 15 is 0 Å². The molecule has 0 atom stereocenters. The Balaban J connectivity index is 2.72. The Hall–Kier alpha value is -0.120. The molecule has 0 saturated carbocycles. The Morgan fingerprint density at radius 3 is 2.08 bits per heavy atom. The van der Waals surface area contributed by atoms with Crippen LogP contribution in [0.1, 0.15) is 27.2 Å². The van der Waals surface area contributed by atoms with E-state index < -0.39 is 5.79 Å². The first-order valence-electron chi connectivity index (χ1n) is 4.50. The topological polar surface area (TPSA) is 44.5 Å². The van der Waals surface area contributed by atoms with Crippen molar-refractivity contribution in [3.8, 4) is 0 Å². The van der Waals surface area contributed by atoms with Crippen LogP contribution in [0.4, 0.5) is 0 Å². The van der Waals surface area contributed by atoms with E-state index in [1.165, 1.54) is 0 Å². The van der Waals surface area contributed by atoms with Crippen molar-refractivity contribution < 1.29 is 9.47 Å². The van der Waals surface area contributed by atoms with E-state index in [1.807, 2.05) is 0 Å². The van der Waals surface area contributed by atoms with E-state index in [0.717, 1.165) is 6.42 Å². The van der Waals surface area contributed by atoms with Crippen LogP contribution in [0.5, 0.6) is 0 Å². The van der Waals surface area contributed by atoms with E-state index in [9.17, 15) is 0 Å². The number of hydrogen-bond donors (Lipinski definition) is 1. The molecule has 1 rings (SSSR count). The molecule has 0 bridgehead atoms. The maximum Gasteiger partial charge on any atom is 0.174 e. The lowest BCUT2D eigenvalue weighted by Crippen LogP contribution is -2.45. The van der Waals surface area contributed by atoms with Crippen LogP contribution >= 0.6 is 0 Å². The summed E-state index contributed by atoms with van der Waals surface area (Å²) in [6.45, 7) is 8.35. The van der Waals surface area contributed by atoms with E-state index in [1.54, 1.807) is 0 Å². The number of ether oxygens (including phenoxy) is 2. The number of hydrogen-bond acceptors (Lipinski definition) is 3. The van der Waals surface area contributed by atoms with Gasteiger partial charge >= 0.3 is 0 Å². The van der Waals surface area contributed by atoms with Crippen LogP contribution < -0.4 is 5.73 Å². The minimum atomic E-state index is -0.443. The van der Waals surface area contributed by atoms with Crippen molar-refractivity contribution in [3.05, 3.63) is 0 Å². The molecule has 0 aromatic carbocycles. The summed E-state index contributed by atoms with van der Waals surface area (Å²) in [7, 11) is 0. The Kier molecular flexibility index (Phi) is 2.76. The van der Waals surface area contributed by atoms with Crippen LogP contribution in [-0.4, -0.2) is 25.5 Å². The van der Waals surface area contributed by atoms with Crippen molar-refractivity contribution in [1.29, 1.82) is 0 Å². The molecule has 0 unspecified atom stereocenters. The Labute approximate surface area is 74.2 Å². The molecule has 0 amide bonds. The zero-order valence-electron chi connectivity index (χ0n) is 8.22. The molecule has 1 heterocycles. The maximum absolute atomic E-state index is 5.64. The van der Waals surface area contributed by atoms with Gasteiger partial charge in [-0.2, -0.15) is 0 Å². The Morgan fingerprint density at radius 1 is 1.25 bits per heavy atom. The van der Waals surface area contributed by atoms with Gasteiger partial charge in [0.15, 0.2) is 5.79 Å². The monoisotopic (exact) mass is 173 g/mol. The third-order valence-electron chi connectivity index (χ3n) is 2.37. The normalized spacial score (nSPS) is 23.0. The molecule has 1 saturated heterocycles. The maximum atomic E-state index is 5.64. The molecule has 0 aromatic rings. The van der Waals surface area contributed by atoms with Crippen molar-refractivity contribution in [3.63, 3.8) is 0 Å².